The normalized spacial score (nSPS) is 14.9. The van der Waals surface area contributed by atoms with Crippen LogP contribution in [0.4, 0.5) is 5.69 Å². The van der Waals surface area contributed by atoms with Crippen molar-refractivity contribution in [2.45, 2.75) is 24.7 Å². The van der Waals surface area contributed by atoms with Crippen LogP contribution in [-0.4, -0.2) is 51.1 Å². The topological polar surface area (TPSA) is 92.8 Å². The summed E-state index contributed by atoms with van der Waals surface area (Å²) in [5.74, 6) is -0.359. The van der Waals surface area contributed by atoms with E-state index in [0.717, 1.165) is 0 Å². The average Bonchev–Trinajstić information content (AvgIpc) is 2.79. The monoisotopic (exact) mass is 464 g/mol. The molecule has 1 N–H and O–H groups in total. The molecule has 0 saturated carbocycles. The van der Waals surface area contributed by atoms with Crippen LogP contribution in [0.25, 0.3) is 0 Å². The lowest BCUT2D eigenvalue weighted by molar-refractivity contribution is -0.121. The predicted octanol–water partition coefficient (Wildman–Crippen LogP) is 3.63. The number of nitrogens with zero attached hydrogens (tertiary/aromatic N) is 1. The lowest BCUT2D eigenvalue weighted by Crippen LogP contribution is -2.41. The number of carbonyl (C=O) groups excluding carboxylic acids is 2. The van der Waals surface area contributed by atoms with Crippen molar-refractivity contribution in [2.24, 2.45) is 5.92 Å². The first kappa shape index (κ1) is 23.1. The number of hydrogen-bond acceptors (Lipinski definition) is 5. The Labute approximate surface area is 187 Å². The molecule has 1 aliphatic heterocycles. The summed E-state index contributed by atoms with van der Waals surface area (Å²) in [6.45, 7) is 2.37. The van der Waals surface area contributed by atoms with Crippen LogP contribution in [0, 0.1) is 5.92 Å². The minimum Gasteiger partial charge on any atom is -0.496 e. The molecule has 2 aromatic rings. The van der Waals surface area contributed by atoms with Crippen molar-refractivity contribution in [2.75, 3.05) is 31.3 Å². The van der Waals surface area contributed by atoms with Gasteiger partial charge in [-0.15, -0.1) is 0 Å². The number of methoxy groups -OCH3 is 1. The Morgan fingerprint density at radius 3 is 2.48 bits per heavy atom. The van der Waals surface area contributed by atoms with E-state index in [1.165, 1.54) is 13.2 Å². The standard InChI is InChI=1S/C22H25ClN2O5S/c1-3-31(28,29)20-7-5-4-6-18(20)24-21(26)15-10-12-25(13-11-15)22(27)17-14-16(23)8-9-19(17)30-2/h4-9,14-15H,3,10-13H2,1-2H3,(H,24,26). The van der Waals surface area contributed by atoms with Gasteiger partial charge in [-0.05, 0) is 43.2 Å². The van der Waals surface area contributed by atoms with E-state index < -0.39 is 9.84 Å². The molecular weight excluding hydrogens is 440 g/mol. The van der Waals surface area contributed by atoms with E-state index in [-0.39, 0.29) is 34.1 Å². The number of carbonyl (C=O) groups is 2. The zero-order chi connectivity index (χ0) is 22.6. The molecule has 0 radical (unpaired) electrons. The van der Waals surface area contributed by atoms with Crippen molar-refractivity contribution in [3.63, 3.8) is 0 Å². The fraction of sp³-hybridized carbons (Fsp3) is 0.364. The third-order valence-electron chi connectivity index (χ3n) is 5.40. The van der Waals surface area contributed by atoms with E-state index in [9.17, 15) is 18.0 Å². The fourth-order valence-electron chi connectivity index (χ4n) is 3.59. The number of halogens is 1. The van der Waals surface area contributed by atoms with Crippen molar-refractivity contribution in [3.05, 3.63) is 53.1 Å². The molecule has 0 unspecified atom stereocenters. The number of hydrogen-bond donors (Lipinski definition) is 1. The maximum atomic E-state index is 12.9. The maximum absolute atomic E-state index is 12.9. The Morgan fingerprint density at radius 1 is 1.16 bits per heavy atom. The van der Waals surface area contributed by atoms with Crippen LogP contribution in [0.2, 0.25) is 5.02 Å². The summed E-state index contributed by atoms with van der Waals surface area (Å²) in [6.07, 6.45) is 0.951. The van der Waals surface area contributed by atoms with Gasteiger partial charge in [0.15, 0.2) is 9.84 Å². The van der Waals surface area contributed by atoms with Crippen molar-refractivity contribution in [1.29, 1.82) is 0 Å². The van der Waals surface area contributed by atoms with Gasteiger partial charge in [0.25, 0.3) is 5.91 Å². The molecule has 0 bridgehead atoms. The van der Waals surface area contributed by atoms with Gasteiger partial charge in [0.2, 0.25) is 5.91 Å². The zero-order valence-electron chi connectivity index (χ0n) is 17.4. The van der Waals surface area contributed by atoms with Gasteiger partial charge >= 0.3 is 0 Å². The molecule has 1 saturated heterocycles. The van der Waals surface area contributed by atoms with E-state index in [2.05, 4.69) is 5.32 Å². The highest BCUT2D eigenvalue weighted by Gasteiger charge is 2.30. The number of anilines is 1. The molecule has 0 spiro atoms. The number of piperidine rings is 1. The van der Waals surface area contributed by atoms with Crippen LogP contribution >= 0.6 is 11.6 Å². The number of likely N-dealkylation sites (tertiary alicyclic amines) is 1. The number of nitrogens with one attached hydrogen (secondary N) is 1. The van der Waals surface area contributed by atoms with Gasteiger partial charge < -0.3 is 15.0 Å². The molecule has 7 nitrogen and oxygen atoms in total. The second kappa shape index (κ2) is 9.70. The lowest BCUT2D eigenvalue weighted by atomic mass is 9.95. The maximum Gasteiger partial charge on any atom is 0.257 e. The quantitative estimate of drug-likeness (QED) is 0.704. The van der Waals surface area contributed by atoms with Crippen LogP contribution < -0.4 is 10.1 Å². The molecule has 1 aliphatic rings. The van der Waals surface area contributed by atoms with E-state index in [0.29, 0.717) is 42.3 Å². The minimum absolute atomic E-state index is 0.0483. The Morgan fingerprint density at radius 2 is 1.84 bits per heavy atom. The van der Waals surface area contributed by atoms with Crippen LogP contribution in [0.15, 0.2) is 47.4 Å². The molecule has 9 heteroatoms. The molecule has 166 valence electrons. The van der Waals surface area contributed by atoms with Gasteiger partial charge in [-0.2, -0.15) is 0 Å². The third-order valence-corrected chi connectivity index (χ3v) is 7.43. The molecule has 2 aromatic carbocycles. The molecule has 0 atom stereocenters. The summed E-state index contributed by atoms with van der Waals surface area (Å²) in [4.78, 5) is 27.5. The number of amides is 2. The SMILES string of the molecule is CCS(=O)(=O)c1ccccc1NC(=O)C1CCN(C(=O)c2cc(Cl)ccc2OC)CC1. The third kappa shape index (κ3) is 5.19. The first-order valence-corrected chi connectivity index (χ1v) is 12.0. The largest absolute Gasteiger partial charge is 0.496 e. The summed E-state index contributed by atoms with van der Waals surface area (Å²) in [6, 6.07) is 11.3. The van der Waals surface area contributed by atoms with Crippen molar-refractivity contribution < 1.29 is 22.7 Å². The Hall–Kier alpha value is -2.58. The summed E-state index contributed by atoms with van der Waals surface area (Å²) >= 11 is 6.03. The number of ether oxygens (including phenoxy) is 1. The smallest absolute Gasteiger partial charge is 0.257 e. The number of para-hydroxylation sites is 1. The molecule has 3 rings (SSSR count). The minimum atomic E-state index is -3.46. The Balaban J connectivity index is 1.66. The molecular formula is C22H25ClN2O5S. The van der Waals surface area contributed by atoms with Crippen molar-refractivity contribution in [1.82, 2.24) is 4.90 Å². The number of rotatable bonds is 6. The molecule has 0 aliphatic carbocycles. The Bertz CT molecular complexity index is 1080. The van der Waals surface area contributed by atoms with Crippen LogP contribution in [-0.2, 0) is 14.6 Å². The van der Waals surface area contributed by atoms with Crippen molar-refractivity contribution in [3.8, 4) is 5.75 Å². The van der Waals surface area contributed by atoms with Gasteiger partial charge in [0.1, 0.15) is 5.75 Å². The number of benzene rings is 2. The average molecular weight is 465 g/mol. The van der Waals surface area contributed by atoms with E-state index in [4.69, 9.17) is 16.3 Å². The van der Waals surface area contributed by atoms with E-state index in [1.54, 1.807) is 48.2 Å². The van der Waals surface area contributed by atoms with Crippen LogP contribution in [0.5, 0.6) is 5.75 Å². The fourth-order valence-corrected chi connectivity index (χ4v) is 4.82. The van der Waals surface area contributed by atoms with Gasteiger partial charge in [-0.3, -0.25) is 9.59 Å². The summed E-state index contributed by atoms with van der Waals surface area (Å²) in [5.41, 5.74) is 0.674. The molecule has 31 heavy (non-hydrogen) atoms. The first-order valence-electron chi connectivity index (χ1n) is 10.0. The summed E-state index contributed by atoms with van der Waals surface area (Å²) in [7, 11) is -1.96. The highest BCUT2D eigenvalue weighted by Crippen LogP contribution is 2.28. The molecule has 2 amide bonds. The molecule has 0 aromatic heterocycles. The lowest BCUT2D eigenvalue weighted by Gasteiger charge is -2.31. The first-order chi connectivity index (χ1) is 14.8. The predicted molar refractivity (Wildman–Crippen MR) is 119 cm³/mol. The number of sulfone groups is 1. The second-order valence-electron chi connectivity index (χ2n) is 7.30. The molecule has 1 fully saturated rings. The highest BCUT2D eigenvalue weighted by atomic mass is 35.5. The summed E-state index contributed by atoms with van der Waals surface area (Å²) < 4.78 is 29.9. The van der Waals surface area contributed by atoms with Crippen LogP contribution in [0.1, 0.15) is 30.1 Å². The Kier molecular flexibility index (Phi) is 7.23. The highest BCUT2D eigenvalue weighted by molar-refractivity contribution is 7.91. The van der Waals surface area contributed by atoms with Gasteiger partial charge in [0, 0.05) is 24.0 Å². The molecule has 1 heterocycles. The zero-order valence-corrected chi connectivity index (χ0v) is 19.0. The van der Waals surface area contributed by atoms with Gasteiger partial charge in [0.05, 0.1) is 29.0 Å². The van der Waals surface area contributed by atoms with E-state index in [1.807, 2.05) is 0 Å². The van der Waals surface area contributed by atoms with Crippen molar-refractivity contribution >= 4 is 38.9 Å². The van der Waals surface area contributed by atoms with Crippen LogP contribution in [0.3, 0.4) is 0 Å². The van der Waals surface area contributed by atoms with E-state index >= 15 is 0 Å². The van der Waals surface area contributed by atoms with Gasteiger partial charge in [-0.25, -0.2) is 8.42 Å². The second-order valence-corrected chi connectivity index (χ2v) is 9.98. The summed E-state index contributed by atoms with van der Waals surface area (Å²) in [5, 5.41) is 3.21. The van der Waals surface area contributed by atoms with Gasteiger partial charge in [-0.1, -0.05) is 30.7 Å².